The van der Waals surface area contributed by atoms with E-state index in [0.29, 0.717) is 24.5 Å². The summed E-state index contributed by atoms with van der Waals surface area (Å²) in [5.41, 5.74) is 1.74. The van der Waals surface area contributed by atoms with Crippen LogP contribution < -0.4 is 5.32 Å². The molecule has 1 amide bonds. The highest BCUT2D eigenvalue weighted by molar-refractivity contribution is 6.31. The van der Waals surface area contributed by atoms with Gasteiger partial charge in [0.25, 0.3) is 0 Å². The number of rotatable bonds is 6. The van der Waals surface area contributed by atoms with Crippen LogP contribution in [0.2, 0.25) is 5.02 Å². The van der Waals surface area contributed by atoms with E-state index < -0.39 is 5.54 Å². The van der Waals surface area contributed by atoms with Crippen molar-refractivity contribution in [2.45, 2.75) is 71.4 Å². The van der Waals surface area contributed by atoms with Crippen LogP contribution in [0.4, 0.5) is 0 Å². The van der Waals surface area contributed by atoms with Crippen LogP contribution in [-0.2, 0) is 20.7 Å². The maximum Gasteiger partial charge on any atom is 0.225 e. The third-order valence-electron chi connectivity index (χ3n) is 5.27. The summed E-state index contributed by atoms with van der Waals surface area (Å²) >= 11 is 6.38. The Kier molecular flexibility index (Phi) is 7.47. The van der Waals surface area contributed by atoms with Gasteiger partial charge in [0.1, 0.15) is 0 Å². The van der Waals surface area contributed by atoms with Gasteiger partial charge in [-0.25, -0.2) is 0 Å². The van der Waals surface area contributed by atoms with Crippen molar-refractivity contribution in [3.8, 4) is 11.8 Å². The van der Waals surface area contributed by atoms with Crippen molar-refractivity contribution < 1.29 is 14.3 Å². The normalized spacial score (nSPS) is 21.9. The number of ketones is 1. The largest absolute Gasteiger partial charge is 0.379 e. The molecule has 1 saturated carbocycles. The summed E-state index contributed by atoms with van der Waals surface area (Å²) in [5, 5.41) is 3.53. The number of carbonyl (C=O) groups is 2. The fourth-order valence-corrected chi connectivity index (χ4v) is 4.07. The van der Waals surface area contributed by atoms with Crippen LogP contribution in [0.25, 0.3) is 0 Å². The first-order valence-corrected chi connectivity index (χ1v) is 9.84. The van der Waals surface area contributed by atoms with Crippen molar-refractivity contribution in [3.05, 3.63) is 33.8 Å². The average molecular weight is 390 g/mol. The van der Waals surface area contributed by atoms with Crippen LogP contribution in [0.1, 0.15) is 63.1 Å². The minimum Gasteiger partial charge on any atom is -0.379 e. The maximum atomic E-state index is 12.7. The minimum absolute atomic E-state index is 0.00202. The molecule has 0 aliphatic heterocycles. The third-order valence-corrected chi connectivity index (χ3v) is 5.60. The van der Waals surface area contributed by atoms with Gasteiger partial charge in [-0.05, 0) is 76.6 Å². The first kappa shape index (κ1) is 21.5. The highest BCUT2D eigenvalue weighted by atomic mass is 35.5. The highest BCUT2D eigenvalue weighted by Gasteiger charge is 2.40. The second-order valence-corrected chi connectivity index (χ2v) is 7.55. The number of hydrogen-bond acceptors (Lipinski definition) is 3. The molecule has 1 aliphatic carbocycles. The number of Topliss-reactive ketones (excluding diaryl/α,β-unsaturated/α-hetero) is 1. The molecule has 27 heavy (non-hydrogen) atoms. The molecule has 1 aliphatic rings. The Labute approximate surface area is 167 Å². The molecule has 1 fully saturated rings. The quantitative estimate of drug-likeness (QED) is 0.748. The third kappa shape index (κ3) is 5.34. The van der Waals surface area contributed by atoms with Gasteiger partial charge in [-0.3, -0.25) is 9.59 Å². The number of aryl methyl sites for hydroxylation is 1. The number of hydrogen-bond donors (Lipinski definition) is 1. The molecular formula is C22H28ClNO3. The van der Waals surface area contributed by atoms with Gasteiger partial charge in [0.2, 0.25) is 5.91 Å². The first-order chi connectivity index (χ1) is 12.8. The van der Waals surface area contributed by atoms with Crippen molar-refractivity contribution in [3.63, 3.8) is 0 Å². The molecule has 0 atom stereocenters. The zero-order valence-electron chi connectivity index (χ0n) is 16.6. The monoisotopic (exact) mass is 389 g/mol. The van der Waals surface area contributed by atoms with E-state index in [0.717, 1.165) is 29.5 Å². The fraction of sp³-hybridized carbons (Fsp3) is 0.545. The highest BCUT2D eigenvalue weighted by Crippen LogP contribution is 2.31. The number of benzene rings is 1. The molecule has 1 aromatic rings. The van der Waals surface area contributed by atoms with E-state index in [1.165, 1.54) is 0 Å². The summed E-state index contributed by atoms with van der Waals surface area (Å²) in [6.45, 7) is 7.88. The number of nitrogens with one attached hydrogen (secondary N) is 1. The van der Waals surface area contributed by atoms with Crippen LogP contribution in [0.3, 0.4) is 0 Å². The van der Waals surface area contributed by atoms with E-state index >= 15 is 0 Å². The lowest BCUT2D eigenvalue weighted by atomic mass is 9.77. The lowest BCUT2D eigenvalue weighted by Crippen LogP contribution is -2.56. The lowest BCUT2D eigenvalue weighted by molar-refractivity contribution is -0.133. The molecule has 2 rings (SSSR count). The molecule has 1 aromatic carbocycles. The van der Waals surface area contributed by atoms with E-state index in [4.69, 9.17) is 16.3 Å². The predicted octanol–water partition coefficient (Wildman–Crippen LogP) is 3.99. The maximum absolute atomic E-state index is 12.7. The number of halogens is 1. The fourth-order valence-electron chi connectivity index (χ4n) is 3.74. The summed E-state index contributed by atoms with van der Waals surface area (Å²) in [4.78, 5) is 25.1. The molecule has 4 nitrogen and oxygen atoms in total. The van der Waals surface area contributed by atoms with Crippen molar-refractivity contribution in [2.24, 2.45) is 0 Å². The molecule has 0 bridgehead atoms. The van der Waals surface area contributed by atoms with E-state index in [1.54, 1.807) is 19.9 Å². The second kappa shape index (κ2) is 9.39. The molecule has 5 heteroatoms. The van der Waals surface area contributed by atoms with Gasteiger partial charge in [0, 0.05) is 17.2 Å². The Morgan fingerprint density at radius 3 is 2.52 bits per heavy atom. The Hall–Kier alpha value is -1.83. The van der Waals surface area contributed by atoms with Crippen molar-refractivity contribution in [1.82, 2.24) is 5.32 Å². The van der Waals surface area contributed by atoms with Crippen LogP contribution in [0.5, 0.6) is 0 Å². The van der Waals surface area contributed by atoms with E-state index in [-0.39, 0.29) is 24.2 Å². The Morgan fingerprint density at radius 1 is 1.33 bits per heavy atom. The van der Waals surface area contributed by atoms with Gasteiger partial charge in [-0.2, -0.15) is 0 Å². The van der Waals surface area contributed by atoms with Crippen LogP contribution in [-0.4, -0.2) is 29.9 Å². The molecule has 1 N–H and O–H groups in total. The van der Waals surface area contributed by atoms with E-state index in [1.807, 2.05) is 19.9 Å². The average Bonchev–Trinajstić information content (AvgIpc) is 2.60. The number of ether oxygens (including phenoxy) is 1. The number of amides is 1. The topological polar surface area (TPSA) is 55.4 Å². The van der Waals surface area contributed by atoms with Gasteiger partial charge in [0.05, 0.1) is 18.1 Å². The summed E-state index contributed by atoms with van der Waals surface area (Å²) < 4.78 is 5.67. The van der Waals surface area contributed by atoms with E-state index in [9.17, 15) is 9.59 Å². The summed E-state index contributed by atoms with van der Waals surface area (Å²) in [5.74, 6) is 5.65. The molecule has 0 aromatic heterocycles. The Morgan fingerprint density at radius 2 is 2.00 bits per heavy atom. The zero-order chi connectivity index (χ0) is 20.0. The van der Waals surface area contributed by atoms with Gasteiger partial charge in [-0.1, -0.05) is 17.5 Å². The zero-order valence-corrected chi connectivity index (χ0v) is 17.3. The molecule has 146 valence electrons. The summed E-state index contributed by atoms with van der Waals surface area (Å²) in [6, 6.07) is 3.71. The molecule has 0 spiro atoms. The lowest BCUT2D eigenvalue weighted by Gasteiger charge is -2.38. The van der Waals surface area contributed by atoms with Crippen LogP contribution in [0.15, 0.2) is 12.1 Å². The smallest absolute Gasteiger partial charge is 0.225 e. The van der Waals surface area contributed by atoms with E-state index in [2.05, 4.69) is 17.2 Å². The van der Waals surface area contributed by atoms with Crippen LogP contribution >= 0.6 is 11.6 Å². The summed E-state index contributed by atoms with van der Waals surface area (Å²) in [6.07, 6.45) is 3.08. The SMILES string of the molecule is CC#Cc1cc(C)c(CC(=O)NC2(C(C)=O)CCC(OCC)CC2)c(Cl)c1. The molecule has 0 unspecified atom stereocenters. The molecule has 0 heterocycles. The van der Waals surface area contributed by atoms with Crippen molar-refractivity contribution in [1.29, 1.82) is 0 Å². The molecule has 0 saturated heterocycles. The second-order valence-electron chi connectivity index (χ2n) is 7.15. The van der Waals surface area contributed by atoms with Crippen molar-refractivity contribution in [2.75, 3.05) is 6.61 Å². The predicted molar refractivity (Wildman–Crippen MR) is 108 cm³/mol. The Balaban J connectivity index is 2.11. The summed E-state index contributed by atoms with van der Waals surface area (Å²) in [7, 11) is 0. The molecule has 0 radical (unpaired) electrons. The van der Waals surface area contributed by atoms with Crippen LogP contribution in [0, 0.1) is 18.8 Å². The van der Waals surface area contributed by atoms with Gasteiger partial charge in [0.15, 0.2) is 5.78 Å². The molecular weight excluding hydrogens is 362 g/mol. The minimum atomic E-state index is -0.793. The number of carbonyl (C=O) groups excluding carboxylic acids is 2. The first-order valence-electron chi connectivity index (χ1n) is 9.46. The van der Waals surface area contributed by atoms with Gasteiger partial charge < -0.3 is 10.1 Å². The Bertz CT molecular complexity index is 744. The standard InChI is InChI=1S/C22H28ClNO3/c1-5-7-17-12-15(3)19(20(23)13-17)14-21(26)24-22(16(4)25)10-8-18(9-11-22)27-6-2/h12-13,18H,6,8-11,14H2,1-4H3,(H,24,26). The van der Waals surface area contributed by atoms with Crippen molar-refractivity contribution >= 4 is 23.3 Å². The van der Waals surface area contributed by atoms with Gasteiger partial charge in [-0.15, -0.1) is 5.92 Å². The van der Waals surface area contributed by atoms with Gasteiger partial charge >= 0.3 is 0 Å².